The molecule has 0 aliphatic rings. The highest BCUT2D eigenvalue weighted by atomic mass is 32.2. The monoisotopic (exact) mass is 183 g/mol. The minimum absolute atomic E-state index is 0.113. The van der Waals surface area contributed by atoms with Gasteiger partial charge in [-0.1, -0.05) is 0 Å². The molecule has 0 amide bonds. The molecule has 0 aliphatic heterocycles. The number of hydrogen-bond donors (Lipinski definition) is 1. The Morgan fingerprint density at radius 1 is 1.75 bits per heavy atom. The quantitative estimate of drug-likeness (QED) is 0.774. The topological polar surface area (TPSA) is 50.2 Å². The first-order chi connectivity index (χ1) is 5.74. The van der Waals surface area contributed by atoms with Gasteiger partial charge in [0, 0.05) is 11.9 Å². The lowest BCUT2D eigenvalue weighted by atomic mass is 10.2. The number of aromatic carboxylic acids is 1. The normalized spacial score (nSPS) is 9.75. The second-order valence-corrected chi connectivity index (χ2v) is 3.15. The van der Waals surface area contributed by atoms with Gasteiger partial charge in [0.1, 0.15) is 5.69 Å². The largest absolute Gasteiger partial charge is 0.477 e. The maximum Gasteiger partial charge on any atom is 0.354 e. The van der Waals surface area contributed by atoms with Gasteiger partial charge < -0.3 is 5.11 Å². The fourth-order valence-electron chi connectivity index (χ4n) is 0.848. The molecular weight excluding hydrogens is 174 g/mol. The molecule has 0 radical (unpaired) electrons. The Morgan fingerprint density at radius 3 is 3.08 bits per heavy atom. The van der Waals surface area contributed by atoms with Crippen molar-refractivity contribution in [1.29, 1.82) is 0 Å². The molecular formula is C8H9NO2S. The third-order valence-corrected chi connectivity index (χ3v) is 1.98. The fraction of sp³-hybridized carbons (Fsp3) is 0.250. The second kappa shape index (κ2) is 4.11. The third-order valence-electron chi connectivity index (χ3n) is 1.35. The number of aromatic nitrogens is 1. The summed E-state index contributed by atoms with van der Waals surface area (Å²) < 4.78 is 0. The first kappa shape index (κ1) is 9.06. The van der Waals surface area contributed by atoms with Gasteiger partial charge in [-0.05, 0) is 24.0 Å². The molecule has 1 aromatic rings. The van der Waals surface area contributed by atoms with E-state index in [2.05, 4.69) is 4.98 Å². The Morgan fingerprint density at radius 2 is 2.50 bits per heavy atom. The predicted molar refractivity (Wildman–Crippen MR) is 48.4 cm³/mol. The standard InChI is InChI=1S/C8H9NO2S/c1-12-5-6-2-3-9-7(4-6)8(10)11/h2-4H,5H2,1H3,(H,10,11). The van der Waals surface area contributed by atoms with Crippen LogP contribution in [0.1, 0.15) is 16.1 Å². The summed E-state index contributed by atoms with van der Waals surface area (Å²) >= 11 is 1.65. The van der Waals surface area contributed by atoms with Crippen molar-refractivity contribution in [3.63, 3.8) is 0 Å². The summed E-state index contributed by atoms with van der Waals surface area (Å²) in [7, 11) is 0. The lowest BCUT2D eigenvalue weighted by molar-refractivity contribution is 0.0690. The van der Waals surface area contributed by atoms with E-state index < -0.39 is 5.97 Å². The van der Waals surface area contributed by atoms with Gasteiger partial charge in [-0.2, -0.15) is 11.8 Å². The van der Waals surface area contributed by atoms with Crippen LogP contribution in [0, 0.1) is 0 Å². The van der Waals surface area contributed by atoms with Crippen molar-refractivity contribution in [2.45, 2.75) is 5.75 Å². The predicted octanol–water partition coefficient (Wildman–Crippen LogP) is 1.64. The smallest absolute Gasteiger partial charge is 0.354 e. The van der Waals surface area contributed by atoms with Crippen molar-refractivity contribution in [2.75, 3.05) is 6.26 Å². The molecule has 0 aliphatic carbocycles. The average molecular weight is 183 g/mol. The van der Waals surface area contributed by atoms with E-state index >= 15 is 0 Å². The van der Waals surface area contributed by atoms with Gasteiger partial charge >= 0.3 is 5.97 Å². The van der Waals surface area contributed by atoms with Gasteiger partial charge in [-0.15, -0.1) is 0 Å². The minimum Gasteiger partial charge on any atom is -0.477 e. The first-order valence-corrected chi connectivity index (χ1v) is 4.80. The molecule has 0 spiro atoms. The van der Waals surface area contributed by atoms with Crippen molar-refractivity contribution in [2.24, 2.45) is 0 Å². The Labute approximate surface area is 74.8 Å². The number of carboxylic acids is 1. The maximum atomic E-state index is 10.5. The molecule has 1 N–H and O–H groups in total. The molecule has 0 aromatic carbocycles. The lowest BCUT2D eigenvalue weighted by Crippen LogP contribution is -2.00. The van der Waals surface area contributed by atoms with Gasteiger partial charge in [-0.25, -0.2) is 9.78 Å². The van der Waals surface area contributed by atoms with Crippen LogP contribution in [0.5, 0.6) is 0 Å². The van der Waals surface area contributed by atoms with Crippen molar-refractivity contribution >= 4 is 17.7 Å². The van der Waals surface area contributed by atoms with Crippen LogP contribution in [0.15, 0.2) is 18.3 Å². The van der Waals surface area contributed by atoms with E-state index in [1.54, 1.807) is 17.8 Å². The van der Waals surface area contributed by atoms with Crippen LogP contribution in [-0.4, -0.2) is 22.3 Å². The van der Waals surface area contributed by atoms with E-state index in [-0.39, 0.29) is 5.69 Å². The van der Waals surface area contributed by atoms with Gasteiger partial charge in [0.25, 0.3) is 0 Å². The van der Waals surface area contributed by atoms with Crippen LogP contribution in [0.25, 0.3) is 0 Å². The lowest BCUT2D eigenvalue weighted by Gasteiger charge is -1.98. The molecule has 4 heteroatoms. The van der Waals surface area contributed by atoms with Crippen molar-refractivity contribution < 1.29 is 9.90 Å². The fourth-order valence-corrected chi connectivity index (χ4v) is 1.36. The summed E-state index contributed by atoms with van der Waals surface area (Å²) in [5.41, 5.74) is 1.11. The maximum absolute atomic E-state index is 10.5. The zero-order chi connectivity index (χ0) is 8.97. The molecule has 0 fully saturated rings. The number of rotatable bonds is 3. The van der Waals surface area contributed by atoms with Gasteiger partial charge in [0.05, 0.1) is 0 Å². The van der Waals surface area contributed by atoms with Crippen LogP contribution in [-0.2, 0) is 5.75 Å². The Kier molecular flexibility index (Phi) is 3.10. The molecule has 0 saturated carbocycles. The molecule has 0 unspecified atom stereocenters. The summed E-state index contributed by atoms with van der Waals surface area (Å²) in [6.45, 7) is 0. The van der Waals surface area contributed by atoms with Crippen LogP contribution >= 0.6 is 11.8 Å². The molecule has 1 aromatic heterocycles. The molecule has 0 saturated heterocycles. The van der Waals surface area contributed by atoms with E-state index in [4.69, 9.17) is 5.11 Å². The molecule has 1 heterocycles. The molecule has 1 rings (SSSR count). The SMILES string of the molecule is CSCc1ccnc(C(=O)O)c1. The highest BCUT2D eigenvalue weighted by Gasteiger charge is 2.03. The number of carbonyl (C=O) groups is 1. The molecule has 12 heavy (non-hydrogen) atoms. The van der Waals surface area contributed by atoms with Gasteiger partial charge in [-0.3, -0.25) is 0 Å². The molecule has 3 nitrogen and oxygen atoms in total. The molecule has 0 atom stereocenters. The minimum atomic E-state index is -0.974. The Hall–Kier alpha value is -1.03. The van der Waals surface area contributed by atoms with Crippen molar-refractivity contribution in [3.05, 3.63) is 29.6 Å². The van der Waals surface area contributed by atoms with Crippen LogP contribution in [0.4, 0.5) is 0 Å². The number of nitrogens with zero attached hydrogens (tertiary/aromatic N) is 1. The van der Waals surface area contributed by atoms with Crippen LogP contribution in [0.3, 0.4) is 0 Å². The molecule has 0 bridgehead atoms. The van der Waals surface area contributed by atoms with Crippen molar-refractivity contribution in [1.82, 2.24) is 4.98 Å². The van der Waals surface area contributed by atoms with Gasteiger partial charge in [0.2, 0.25) is 0 Å². The van der Waals surface area contributed by atoms with E-state index in [9.17, 15) is 4.79 Å². The Balaban J connectivity index is 2.88. The van der Waals surface area contributed by atoms with E-state index in [1.165, 1.54) is 6.20 Å². The Bertz CT molecular complexity index is 288. The first-order valence-electron chi connectivity index (χ1n) is 3.41. The zero-order valence-electron chi connectivity index (χ0n) is 6.65. The van der Waals surface area contributed by atoms with Crippen LogP contribution in [0.2, 0.25) is 0 Å². The van der Waals surface area contributed by atoms with E-state index in [0.717, 1.165) is 11.3 Å². The van der Waals surface area contributed by atoms with Gasteiger partial charge in [0.15, 0.2) is 0 Å². The summed E-state index contributed by atoms with van der Waals surface area (Å²) in [6.07, 6.45) is 3.50. The number of thioether (sulfide) groups is 1. The van der Waals surface area contributed by atoms with E-state index in [1.807, 2.05) is 12.3 Å². The highest BCUT2D eigenvalue weighted by Crippen LogP contribution is 2.09. The summed E-state index contributed by atoms with van der Waals surface area (Å²) in [4.78, 5) is 14.2. The number of hydrogen-bond acceptors (Lipinski definition) is 3. The number of carboxylic acid groups (broad SMARTS) is 1. The zero-order valence-corrected chi connectivity index (χ0v) is 7.47. The summed E-state index contributed by atoms with van der Waals surface area (Å²) in [5.74, 6) is -0.152. The molecule has 64 valence electrons. The summed E-state index contributed by atoms with van der Waals surface area (Å²) in [5, 5.41) is 8.61. The second-order valence-electron chi connectivity index (χ2n) is 2.29. The van der Waals surface area contributed by atoms with Crippen LogP contribution < -0.4 is 0 Å². The number of pyridine rings is 1. The van der Waals surface area contributed by atoms with Crippen molar-refractivity contribution in [3.8, 4) is 0 Å². The summed E-state index contributed by atoms with van der Waals surface area (Å²) in [6, 6.07) is 3.42. The van der Waals surface area contributed by atoms with E-state index in [0.29, 0.717) is 0 Å². The third kappa shape index (κ3) is 2.23. The average Bonchev–Trinajstić information content (AvgIpc) is 2.05. The highest BCUT2D eigenvalue weighted by molar-refractivity contribution is 7.97.